The minimum atomic E-state index is 0.657. The van der Waals surface area contributed by atoms with E-state index in [1.54, 1.807) is 0 Å². The lowest BCUT2D eigenvalue weighted by molar-refractivity contribution is 1.01. The summed E-state index contributed by atoms with van der Waals surface area (Å²) in [5.74, 6) is 0.657. The summed E-state index contributed by atoms with van der Waals surface area (Å²) >= 11 is 1.86. The normalized spacial score (nSPS) is 12.2. The van der Waals surface area contributed by atoms with Gasteiger partial charge in [0.1, 0.15) is 0 Å². The van der Waals surface area contributed by atoms with Crippen molar-refractivity contribution in [3.8, 4) is 61.7 Å². The molecule has 0 saturated carbocycles. The van der Waals surface area contributed by atoms with Crippen LogP contribution < -0.4 is 0 Å². The molecule has 0 saturated heterocycles. The number of aromatic nitrogens is 3. The molecule has 0 atom stereocenters. The second-order valence-electron chi connectivity index (χ2n) is 16.5. The van der Waals surface area contributed by atoms with Crippen molar-refractivity contribution in [1.82, 2.24) is 14.5 Å². The quantitative estimate of drug-likeness (QED) is 0.177. The maximum absolute atomic E-state index is 5.55. The Hall–Kier alpha value is -7.92. The first kappa shape index (κ1) is 33.9. The summed E-state index contributed by atoms with van der Waals surface area (Å²) < 4.78 is 4.94. The molecule has 0 unspecified atom stereocenters. The van der Waals surface area contributed by atoms with E-state index in [9.17, 15) is 0 Å². The molecule has 0 spiro atoms. The second-order valence-corrected chi connectivity index (χ2v) is 17.5. The summed E-state index contributed by atoms with van der Waals surface area (Å²) in [5.41, 5.74) is 14.9. The minimum Gasteiger partial charge on any atom is -0.278 e. The van der Waals surface area contributed by atoms with Gasteiger partial charge in [-0.15, -0.1) is 11.3 Å². The van der Waals surface area contributed by atoms with Gasteiger partial charge in [-0.05, 0) is 109 Å². The number of benzene rings is 10. The molecule has 62 heavy (non-hydrogen) atoms. The van der Waals surface area contributed by atoms with Crippen LogP contribution in [0.2, 0.25) is 0 Å². The van der Waals surface area contributed by atoms with Gasteiger partial charge in [0, 0.05) is 41.9 Å². The van der Waals surface area contributed by atoms with Gasteiger partial charge in [0.05, 0.1) is 22.2 Å². The van der Waals surface area contributed by atoms with Crippen LogP contribution in [0.1, 0.15) is 0 Å². The van der Waals surface area contributed by atoms with E-state index < -0.39 is 0 Å². The van der Waals surface area contributed by atoms with E-state index in [-0.39, 0.29) is 0 Å². The maximum Gasteiger partial charge on any atom is 0.235 e. The average Bonchev–Trinajstić information content (AvgIpc) is 3.99. The molecule has 3 nitrogen and oxygen atoms in total. The minimum absolute atomic E-state index is 0.657. The first-order chi connectivity index (χ1) is 30.7. The van der Waals surface area contributed by atoms with E-state index >= 15 is 0 Å². The van der Waals surface area contributed by atoms with Crippen LogP contribution in [-0.2, 0) is 0 Å². The van der Waals surface area contributed by atoms with Crippen molar-refractivity contribution in [3.63, 3.8) is 0 Å². The Kier molecular flexibility index (Phi) is 6.99. The Labute approximate surface area is 360 Å². The fourth-order valence-electron chi connectivity index (χ4n) is 10.3. The molecule has 3 aromatic heterocycles. The van der Waals surface area contributed by atoms with Crippen molar-refractivity contribution in [2.75, 3.05) is 0 Å². The van der Waals surface area contributed by atoms with Crippen LogP contribution >= 0.6 is 11.3 Å². The standard InChI is InChI=1S/C58H33N3S/c1-2-13-39-34(11-1)12-9-18-40(39)35-23-25-36(26-24-35)57-45-17-5-7-21-50(45)59-58(60-57)61-51-29-27-37(38-28-30-54-47(31-38)43-16-6-8-22-53(43)62-54)32-49(51)56-46-20-10-19-44-41-14-3-4-15-42(41)48(55(44)46)33-52(56)61/h1-33H. The second kappa shape index (κ2) is 12.8. The Morgan fingerprint density at radius 1 is 0.339 bits per heavy atom. The molecular formula is C58H33N3S. The van der Waals surface area contributed by atoms with Gasteiger partial charge in [0.15, 0.2) is 0 Å². The zero-order valence-electron chi connectivity index (χ0n) is 33.3. The van der Waals surface area contributed by atoms with Crippen molar-refractivity contribution < 1.29 is 0 Å². The molecule has 0 aliphatic heterocycles. The predicted octanol–water partition coefficient (Wildman–Crippen LogP) is 16.0. The van der Waals surface area contributed by atoms with Crippen LogP contribution in [-0.4, -0.2) is 14.5 Å². The Morgan fingerprint density at radius 3 is 1.84 bits per heavy atom. The van der Waals surface area contributed by atoms with Crippen LogP contribution in [0.5, 0.6) is 0 Å². The van der Waals surface area contributed by atoms with E-state index in [0.717, 1.165) is 33.2 Å². The highest BCUT2D eigenvalue weighted by Crippen LogP contribution is 2.51. The average molecular weight is 804 g/mol. The van der Waals surface area contributed by atoms with Crippen LogP contribution in [0.25, 0.3) is 136 Å². The molecule has 0 fully saturated rings. The largest absolute Gasteiger partial charge is 0.278 e. The predicted molar refractivity (Wildman–Crippen MR) is 263 cm³/mol. The lowest BCUT2D eigenvalue weighted by Crippen LogP contribution is -2.03. The summed E-state index contributed by atoms with van der Waals surface area (Å²) in [6, 6.07) is 73.1. The molecule has 0 amide bonds. The molecule has 3 heterocycles. The zero-order chi connectivity index (χ0) is 40.5. The van der Waals surface area contributed by atoms with Gasteiger partial charge in [0.25, 0.3) is 0 Å². The molecule has 14 rings (SSSR count). The van der Waals surface area contributed by atoms with Crippen LogP contribution in [0, 0.1) is 0 Å². The number of thiophene rings is 1. The first-order valence-electron chi connectivity index (χ1n) is 21.1. The highest BCUT2D eigenvalue weighted by atomic mass is 32.1. The number of fused-ring (bicyclic) bond motifs is 12. The third-order valence-electron chi connectivity index (χ3n) is 13.2. The lowest BCUT2D eigenvalue weighted by atomic mass is 9.96. The van der Waals surface area contributed by atoms with Crippen molar-refractivity contribution >= 4 is 85.8 Å². The van der Waals surface area contributed by atoms with E-state index in [2.05, 4.69) is 205 Å². The molecular weight excluding hydrogens is 771 g/mol. The molecule has 1 aliphatic carbocycles. The molecule has 1 aliphatic rings. The number of rotatable bonds is 4. The van der Waals surface area contributed by atoms with Crippen LogP contribution in [0.15, 0.2) is 200 Å². The molecule has 0 radical (unpaired) electrons. The topological polar surface area (TPSA) is 30.7 Å². The Bertz CT molecular complexity index is 4040. The summed E-state index contributed by atoms with van der Waals surface area (Å²) in [5, 5.41) is 11.1. The Balaban J connectivity index is 1.02. The molecule has 4 heteroatoms. The van der Waals surface area contributed by atoms with Gasteiger partial charge in [-0.1, -0.05) is 158 Å². The van der Waals surface area contributed by atoms with Crippen LogP contribution in [0.3, 0.4) is 0 Å². The summed E-state index contributed by atoms with van der Waals surface area (Å²) in [6.07, 6.45) is 0. The van der Waals surface area contributed by atoms with Crippen molar-refractivity contribution in [1.29, 1.82) is 0 Å². The van der Waals surface area contributed by atoms with Gasteiger partial charge in [-0.25, -0.2) is 9.97 Å². The third kappa shape index (κ3) is 4.81. The van der Waals surface area contributed by atoms with Crippen LogP contribution in [0.4, 0.5) is 0 Å². The zero-order valence-corrected chi connectivity index (χ0v) is 34.1. The van der Waals surface area contributed by atoms with Gasteiger partial charge >= 0.3 is 0 Å². The van der Waals surface area contributed by atoms with Gasteiger partial charge in [-0.3, -0.25) is 4.57 Å². The van der Waals surface area contributed by atoms with E-state index in [1.165, 1.54) is 97.0 Å². The highest BCUT2D eigenvalue weighted by molar-refractivity contribution is 7.25. The summed E-state index contributed by atoms with van der Waals surface area (Å²) in [6.45, 7) is 0. The van der Waals surface area contributed by atoms with Gasteiger partial charge < -0.3 is 0 Å². The molecule has 0 N–H and O–H groups in total. The highest BCUT2D eigenvalue weighted by Gasteiger charge is 2.27. The van der Waals surface area contributed by atoms with Gasteiger partial charge in [-0.2, -0.15) is 0 Å². The Morgan fingerprint density at radius 2 is 0.952 bits per heavy atom. The molecule has 286 valence electrons. The molecule has 13 aromatic rings. The first-order valence-corrected chi connectivity index (χ1v) is 22.0. The van der Waals surface area contributed by atoms with Crippen molar-refractivity contribution in [2.24, 2.45) is 0 Å². The SMILES string of the molecule is c1ccc2c(c1)-c1cccc3c1c-2cc1c3c2cc(-c3ccc4sc5ccccc5c4c3)ccc2n1-c1nc(-c2ccc(-c3cccc4ccccc34)cc2)c2ccccc2n1. The number of nitrogens with zero attached hydrogens (tertiary/aromatic N) is 3. The maximum atomic E-state index is 5.55. The molecule has 0 bridgehead atoms. The fraction of sp³-hybridized carbons (Fsp3) is 0. The monoisotopic (exact) mass is 803 g/mol. The fourth-order valence-corrected chi connectivity index (χ4v) is 11.4. The summed E-state index contributed by atoms with van der Waals surface area (Å²) in [4.78, 5) is 10.9. The van der Waals surface area contributed by atoms with E-state index in [1.807, 2.05) is 11.3 Å². The third-order valence-corrected chi connectivity index (χ3v) is 14.3. The number of hydrogen-bond donors (Lipinski definition) is 0. The van der Waals surface area contributed by atoms with E-state index in [0.29, 0.717) is 5.95 Å². The number of para-hydroxylation sites is 1. The lowest BCUT2D eigenvalue weighted by Gasteiger charge is -2.13. The smallest absolute Gasteiger partial charge is 0.235 e. The number of hydrogen-bond acceptors (Lipinski definition) is 3. The van der Waals surface area contributed by atoms with Crippen molar-refractivity contribution in [3.05, 3.63) is 200 Å². The summed E-state index contributed by atoms with van der Waals surface area (Å²) in [7, 11) is 0. The van der Waals surface area contributed by atoms with E-state index in [4.69, 9.17) is 9.97 Å². The van der Waals surface area contributed by atoms with Crippen molar-refractivity contribution in [2.45, 2.75) is 0 Å². The van der Waals surface area contributed by atoms with Gasteiger partial charge in [0.2, 0.25) is 5.95 Å². The molecule has 10 aromatic carbocycles.